The molecule has 1 heterocycles. The van der Waals surface area contributed by atoms with Crippen molar-refractivity contribution in [3.8, 4) is 5.75 Å². The van der Waals surface area contributed by atoms with Gasteiger partial charge in [-0.2, -0.15) is 0 Å². The number of fused-ring (bicyclic) bond motifs is 3. The van der Waals surface area contributed by atoms with Crippen LogP contribution in [0.3, 0.4) is 0 Å². The van der Waals surface area contributed by atoms with E-state index in [0.29, 0.717) is 22.6 Å². The number of ether oxygens (including phenoxy) is 1. The minimum Gasteiger partial charge on any atom is -0.493 e. The Morgan fingerprint density at radius 1 is 0.868 bits per heavy atom. The normalized spacial score (nSPS) is 14.2. The van der Waals surface area contributed by atoms with Gasteiger partial charge in [-0.3, -0.25) is 14.4 Å². The van der Waals surface area contributed by atoms with Crippen molar-refractivity contribution in [1.29, 1.82) is 0 Å². The van der Waals surface area contributed by atoms with E-state index in [0.717, 1.165) is 46.3 Å². The summed E-state index contributed by atoms with van der Waals surface area (Å²) in [6.45, 7) is 6.95. The summed E-state index contributed by atoms with van der Waals surface area (Å²) in [4.78, 5) is 37.7. The second-order valence-electron chi connectivity index (χ2n) is 10.6. The van der Waals surface area contributed by atoms with Gasteiger partial charge in [-0.25, -0.2) is 0 Å². The topological polar surface area (TPSA) is 65.4 Å². The number of nitrogens with zero attached hydrogens (tertiary/aromatic N) is 1. The van der Waals surface area contributed by atoms with E-state index in [4.69, 9.17) is 4.74 Å². The van der Waals surface area contributed by atoms with Gasteiger partial charge >= 0.3 is 0 Å². The molecular formula is C33H35NO4. The van der Waals surface area contributed by atoms with Crippen molar-refractivity contribution in [2.24, 2.45) is 5.92 Å². The van der Waals surface area contributed by atoms with Crippen molar-refractivity contribution in [3.63, 3.8) is 0 Å². The second-order valence-corrected chi connectivity index (χ2v) is 10.6. The molecule has 5 heteroatoms. The van der Waals surface area contributed by atoms with Gasteiger partial charge in [-0.1, -0.05) is 19.3 Å². The smallest absolute Gasteiger partial charge is 0.193 e. The van der Waals surface area contributed by atoms with E-state index in [9.17, 15) is 14.4 Å². The summed E-state index contributed by atoms with van der Waals surface area (Å²) in [5, 5.41) is 1.84. The molecule has 38 heavy (non-hydrogen) atoms. The molecule has 0 bridgehead atoms. The molecule has 1 aliphatic carbocycles. The molecule has 0 amide bonds. The Bertz CT molecular complexity index is 1540. The Hall–Kier alpha value is -3.73. The van der Waals surface area contributed by atoms with Crippen LogP contribution in [0.25, 0.3) is 21.8 Å². The average molecular weight is 510 g/mol. The number of benzene rings is 3. The molecule has 1 saturated carbocycles. The summed E-state index contributed by atoms with van der Waals surface area (Å²) in [6.07, 6.45) is 6.27. The van der Waals surface area contributed by atoms with Crippen molar-refractivity contribution < 1.29 is 19.1 Å². The number of carbonyl (C=O) groups excluding carboxylic acids is 3. The van der Waals surface area contributed by atoms with Crippen LogP contribution in [0.15, 0.2) is 54.6 Å². The van der Waals surface area contributed by atoms with Crippen LogP contribution in [0.5, 0.6) is 5.75 Å². The van der Waals surface area contributed by atoms with Crippen LogP contribution in [-0.2, 0) is 11.3 Å². The van der Waals surface area contributed by atoms with Gasteiger partial charge in [0, 0.05) is 45.0 Å². The third-order valence-corrected chi connectivity index (χ3v) is 7.83. The van der Waals surface area contributed by atoms with Crippen molar-refractivity contribution in [1.82, 2.24) is 4.57 Å². The largest absolute Gasteiger partial charge is 0.493 e. The van der Waals surface area contributed by atoms with Gasteiger partial charge in [-0.05, 0) is 99.7 Å². The Labute approximate surface area is 223 Å². The van der Waals surface area contributed by atoms with Crippen LogP contribution in [-0.4, -0.2) is 28.5 Å². The highest BCUT2D eigenvalue weighted by atomic mass is 16.5. The minimum atomic E-state index is -0.189. The molecule has 1 aliphatic rings. The third-order valence-electron chi connectivity index (χ3n) is 7.83. The number of aryl methyl sites for hydroxylation is 2. The Balaban J connectivity index is 1.45. The first kappa shape index (κ1) is 25.9. The summed E-state index contributed by atoms with van der Waals surface area (Å²) < 4.78 is 8.26. The van der Waals surface area contributed by atoms with Gasteiger partial charge < -0.3 is 9.30 Å². The zero-order valence-corrected chi connectivity index (χ0v) is 22.5. The van der Waals surface area contributed by atoms with Crippen LogP contribution < -0.4 is 4.74 Å². The van der Waals surface area contributed by atoms with Crippen molar-refractivity contribution in [2.75, 3.05) is 6.61 Å². The van der Waals surface area contributed by atoms with E-state index >= 15 is 0 Å². The van der Waals surface area contributed by atoms with Crippen LogP contribution in [0.1, 0.15) is 84.2 Å². The number of ketones is 3. The molecule has 1 fully saturated rings. The fourth-order valence-electron chi connectivity index (χ4n) is 5.79. The number of carbonyl (C=O) groups is 3. The lowest BCUT2D eigenvalue weighted by molar-refractivity contribution is -0.116. The number of hydrogen-bond acceptors (Lipinski definition) is 4. The van der Waals surface area contributed by atoms with E-state index in [1.165, 1.54) is 39.0 Å². The van der Waals surface area contributed by atoms with E-state index in [-0.39, 0.29) is 23.8 Å². The third kappa shape index (κ3) is 5.15. The first-order valence-electron chi connectivity index (χ1n) is 13.7. The minimum absolute atomic E-state index is 0.0376. The molecular weight excluding hydrogens is 474 g/mol. The molecule has 0 aliphatic heterocycles. The zero-order valence-electron chi connectivity index (χ0n) is 22.5. The standard InChI is InChI=1S/C33H35NO4/c1-4-34-30-14-10-24(32(36)17-22(3)35)18-28(30)29-19-25(11-15-31(29)34)33(37)27-13-12-26(16-21(27)2)38-20-23-8-6-5-7-9-23/h10-16,18-19,23H,4-9,17,20H2,1-3H3. The monoisotopic (exact) mass is 509 g/mol. The van der Waals surface area contributed by atoms with Gasteiger partial charge in [-0.15, -0.1) is 0 Å². The molecule has 4 aromatic rings. The lowest BCUT2D eigenvalue weighted by atomic mass is 9.90. The molecule has 0 atom stereocenters. The average Bonchev–Trinajstić information content (AvgIpc) is 3.24. The number of aromatic nitrogens is 1. The van der Waals surface area contributed by atoms with Gasteiger partial charge in [0.1, 0.15) is 11.5 Å². The summed E-state index contributed by atoms with van der Waals surface area (Å²) in [5.41, 5.74) is 4.68. The van der Waals surface area contributed by atoms with Crippen LogP contribution in [0.4, 0.5) is 0 Å². The predicted molar refractivity (Wildman–Crippen MR) is 151 cm³/mol. The lowest BCUT2D eigenvalue weighted by Gasteiger charge is -2.21. The summed E-state index contributed by atoms with van der Waals surface area (Å²) >= 11 is 0. The van der Waals surface area contributed by atoms with Gasteiger partial charge in [0.2, 0.25) is 0 Å². The van der Waals surface area contributed by atoms with E-state index in [1.807, 2.05) is 55.5 Å². The molecule has 0 saturated heterocycles. The molecule has 3 aromatic carbocycles. The van der Waals surface area contributed by atoms with Crippen LogP contribution >= 0.6 is 0 Å². The summed E-state index contributed by atoms with van der Waals surface area (Å²) in [6, 6.07) is 17.1. The van der Waals surface area contributed by atoms with Gasteiger partial charge in [0.15, 0.2) is 11.6 Å². The molecule has 0 spiro atoms. The van der Waals surface area contributed by atoms with Crippen LogP contribution in [0, 0.1) is 12.8 Å². The van der Waals surface area contributed by atoms with E-state index < -0.39 is 0 Å². The number of Topliss-reactive ketones (excluding diaryl/α,β-unsaturated/α-hetero) is 2. The number of rotatable bonds is 9. The highest BCUT2D eigenvalue weighted by Crippen LogP contribution is 2.32. The first-order valence-corrected chi connectivity index (χ1v) is 13.7. The Kier molecular flexibility index (Phi) is 7.46. The van der Waals surface area contributed by atoms with Gasteiger partial charge in [0.25, 0.3) is 0 Å². The van der Waals surface area contributed by atoms with Crippen LogP contribution in [0.2, 0.25) is 0 Å². The Morgan fingerprint density at radius 2 is 1.53 bits per heavy atom. The molecule has 196 valence electrons. The highest BCUT2D eigenvalue weighted by Gasteiger charge is 2.19. The molecule has 5 rings (SSSR count). The second kappa shape index (κ2) is 10.9. The van der Waals surface area contributed by atoms with E-state index in [2.05, 4.69) is 11.5 Å². The fraction of sp³-hybridized carbons (Fsp3) is 0.364. The maximum atomic E-state index is 13.6. The molecule has 0 radical (unpaired) electrons. The van der Waals surface area contributed by atoms with E-state index in [1.54, 1.807) is 6.07 Å². The van der Waals surface area contributed by atoms with Crippen molar-refractivity contribution in [3.05, 3.63) is 76.9 Å². The van der Waals surface area contributed by atoms with Crippen molar-refractivity contribution >= 4 is 39.2 Å². The maximum Gasteiger partial charge on any atom is 0.193 e. The molecule has 0 unspecified atom stereocenters. The predicted octanol–water partition coefficient (Wildman–Crippen LogP) is 7.47. The maximum absolute atomic E-state index is 13.6. The molecule has 5 nitrogen and oxygen atoms in total. The fourth-order valence-corrected chi connectivity index (χ4v) is 5.79. The molecule has 1 aromatic heterocycles. The number of hydrogen-bond donors (Lipinski definition) is 0. The first-order chi connectivity index (χ1) is 18.4. The quantitative estimate of drug-likeness (QED) is 0.173. The highest BCUT2D eigenvalue weighted by molar-refractivity contribution is 6.16. The lowest BCUT2D eigenvalue weighted by Crippen LogP contribution is -2.15. The Morgan fingerprint density at radius 3 is 2.16 bits per heavy atom. The zero-order chi connectivity index (χ0) is 26.8. The molecule has 0 N–H and O–H groups in total. The summed E-state index contributed by atoms with van der Waals surface area (Å²) in [7, 11) is 0. The SMILES string of the molecule is CCn1c2ccc(C(=O)CC(C)=O)cc2c2cc(C(=O)c3ccc(OCC4CCCCC4)cc3C)ccc21. The van der Waals surface area contributed by atoms with Gasteiger partial charge in [0.05, 0.1) is 13.0 Å². The summed E-state index contributed by atoms with van der Waals surface area (Å²) in [5.74, 6) is 1.06. The van der Waals surface area contributed by atoms with Crippen molar-refractivity contribution in [2.45, 2.75) is 65.8 Å².